The number of rotatable bonds is 3. The number of primary amides is 1. The van der Waals surface area contributed by atoms with Crippen LogP contribution in [0.4, 0.5) is 0 Å². The summed E-state index contributed by atoms with van der Waals surface area (Å²) < 4.78 is 27.9. The van der Waals surface area contributed by atoms with Gasteiger partial charge < -0.3 is 10.6 Å². The Morgan fingerprint density at radius 2 is 1.86 bits per heavy atom. The molecule has 5 rings (SSSR count). The Balaban J connectivity index is 1.74. The first kappa shape index (κ1) is 17.5. The zero-order chi connectivity index (χ0) is 19.6. The average Bonchev–Trinajstić information content (AvgIpc) is 3.23. The molecule has 28 heavy (non-hydrogen) atoms. The predicted molar refractivity (Wildman–Crippen MR) is 107 cm³/mol. The number of likely N-dealkylation sites (N-methyl/N-ethyl adjacent to an activating group) is 1. The fraction of sp³-hybridized carbons (Fsp3) is 0.286. The molecule has 6 nitrogen and oxygen atoms in total. The topological polar surface area (TPSA) is 85.4 Å². The third kappa shape index (κ3) is 2.29. The Kier molecular flexibility index (Phi) is 3.70. The van der Waals surface area contributed by atoms with Crippen LogP contribution in [0.5, 0.6) is 0 Å². The van der Waals surface area contributed by atoms with Crippen molar-refractivity contribution in [2.45, 2.75) is 23.3 Å². The fourth-order valence-corrected chi connectivity index (χ4v) is 6.41. The SMILES string of the molecule is CN1CC(C(N)=O)C2c3cccc4c3c(cn4S(=O)(=O)c3ccccc3)CC21. The molecule has 0 bridgehead atoms. The van der Waals surface area contributed by atoms with Crippen molar-refractivity contribution in [3.63, 3.8) is 0 Å². The van der Waals surface area contributed by atoms with Crippen LogP contribution in [0.25, 0.3) is 10.9 Å². The van der Waals surface area contributed by atoms with E-state index in [0.29, 0.717) is 18.5 Å². The van der Waals surface area contributed by atoms with Gasteiger partial charge in [0.2, 0.25) is 5.91 Å². The minimum absolute atomic E-state index is 0.00557. The molecule has 0 saturated carbocycles. The monoisotopic (exact) mass is 395 g/mol. The number of carbonyl (C=O) groups excluding carboxylic acids is 1. The predicted octanol–water partition coefficient (Wildman–Crippen LogP) is 1.93. The second-order valence-corrected chi connectivity index (χ2v) is 9.57. The maximum Gasteiger partial charge on any atom is 0.268 e. The van der Waals surface area contributed by atoms with E-state index in [9.17, 15) is 13.2 Å². The van der Waals surface area contributed by atoms with Crippen molar-refractivity contribution in [3.8, 4) is 0 Å². The maximum absolute atomic E-state index is 13.3. The van der Waals surface area contributed by atoms with E-state index in [1.54, 1.807) is 36.5 Å². The average molecular weight is 395 g/mol. The molecule has 0 radical (unpaired) electrons. The second-order valence-electron chi connectivity index (χ2n) is 7.76. The lowest BCUT2D eigenvalue weighted by Crippen LogP contribution is -2.34. The number of benzene rings is 2. The van der Waals surface area contributed by atoms with Gasteiger partial charge in [0.25, 0.3) is 10.0 Å². The van der Waals surface area contributed by atoms with Gasteiger partial charge in [-0.25, -0.2) is 12.4 Å². The molecule has 2 aliphatic rings. The lowest BCUT2D eigenvalue weighted by molar-refractivity contribution is -0.121. The number of amides is 1. The van der Waals surface area contributed by atoms with Crippen LogP contribution < -0.4 is 5.73 Å². The lowest BCUT2D eigenvalue weighted by atomic mass is 9.76. The highest BCUT2D eigenvalue weighted by molar-refractivity contribution is 7.90. The van der Waals surface area contributed by atoms with Gasteiger partial charge >= 0.3 is 0 Å². The summed E-state index contributed by atoms with van der Waals surface area (Å²) in [5.74, 6) is -0.562. The number of hydrogen-bond donors (Lipinski definition) is 1. The third-order valence-corrected chi connectivity index (χ3v) is 7.95. The molecular weight excluding hydrogens is 374 g/mol. The maximum atomic E-state index is 13.3. The van der Waals surface area contributed by atoms with Gasteiger partial charge in [-0.1, -0.05) is 30.3 Å². The molecule has 1 amide bonds. The van der Waals surface area contributed by atoms with E-state index in [4.69, 9.17) is 5.73 Å². The molecule has 3 aromatic rings. The minimum atomic E-state index is -3.70. The van der Waals surface area contributed by atoms with Crippen LogP contribution in [-0.2, 0) is 21.2 Å². The normalized spacial score (nSPS) is 24.4. The van der Waals surface area contributed by atoms with E-state index in [0.717, 1.165) is 16.5 Å². The molecule has 1 fully saturated rings. The molecule has 0 spiro atoms. The highest BCUT2D eigenvalue weighted by Gasteiger charge is 2.47. The Labute approximate surface area is 163 Å². The van der Waals surface area contributed by atoms with Crippen molar-refractivity contribution in [3.05, 3.63) is 65.9 Å². The molecule has 144 valence electrons. The molecule has 2 aromatic carbocycles. The van der Waals surface area contributed by atoms with Gasteiger partial charge in [-0.3, -0.25) is 4.79 Å². The van der Waals surface area contributed by atoms with Gasteiger partial charge in [0.1, 0.15) is 0 Å². The molecule has 1 saturated heterocycles. The van der Waals surface area contributed by atoms with Crippen LogP contribution in [0.15, 0.2) is 59.6 Å². The Hall–Kier alpha value is -2.64. The van der Waals surface area contributed by atoms with E-state index in [1.165, 1.54) is 3.97 Å². The van der Waals surface area contributed by atoms with Crippen LogP contribution in [0, 0.1) is 5.92 Å². The van der Waals surface area contributed by atoms with Gasteiger partial charge in [-0.05, 0) is 42.8 Å². The molecule has 2 N–H and O–H groups in total. The lowest BCUT2D eigenvalue weighted by Gasteiger charge is -2.31. The van der Waals surface area contributed by atoms with Gasteiger partial charge in [-0.15, -0.1) is 0 Å². The summed E-state index contributed by atoms with van der Waals surface area (Å²) in [6, 6.07) is 14.3. The second kappa shape index (κ2) is 5.93. The van der Waals surface area contributed by atoms with Crippen LogP contribution in [0.2, 0.25) is 0 Å². The van der Waals surface area contributed by atoms with Gasteiger partial charge in [0.05, 0.1) is 16.3 Å². The zero-order valence-corrected chi connectivity index (χ0v) is 16.3. The highest BCUT2D eigenvalue weighted by atomic mass is 32.2. The van der Waals surface area contributed by atoms with Crippen molar-refractivity contribution in [1.29, 1.82) is 0 Å². The van der Waals surface area contributed by atoms with Crippen LogP contribution in [-0.4, -0.2) is 42.8 Å². The van der Waals surface area contributed by atoms with E-state index in [-0.39, 0.29) is 28.7 Å². The number of nitrogens with two attached hydrogens (primary N) is 1. The summed E-state index contributed by atoms with van der Waals surface area (Å²) in [7, 11) is -1.70. The molecule has 3 unspecified atom stereocenters. The summed E-state index contributed by atoms with van der Waals surface area (Å²) in [6.45, 7) is 0.633. The van der Waals surface area contributed by atoms with E-state index in [2.05, 4.69) is 4.90 Å². The van der Waals surface area contributed by atoms with Crippen molar-refractivity contribution in [2.75, 3.05) is 13.6 Å². The highest BCUT2D eigenvalue weighted by Crippen LogP contribution is 2.47. The molecule has 1 aromatic heterocycles. The third-order valence-electron chi connectivity index (χ3n) is 6.26. The molecular formula is C21H21N3O3S. The minimum Gasteiger partial charge on any atom is -0.369 e. The molecule has 1 aliphatic carbocycles. The molecule has 7 heteroatoms. The van der Waals surface area contributed by atoms with Crippen molar-refractivity contribution >= 4 is 26.8 Å². The molecule has 2 heterocycles. The first-order valence-corrected chi connectivity index (χ1v) is 10.8. The van der Waals surface area contributed by atoms with Crippen LogP contribution >= 0.6 is 0 Å². The Bertz CT molecular complexity index is 1200. The quantitative estimate of drug-likeness (QED) is 0.734. The van der Waals surface area contributed by atoms with E-state index >= 15 is 0 Å². The summed E-state index contributed by atoms with van der Waals surface area (Å²) in [4.78, 5) is 14.5. The number of nitrogens with zero attached hydrogens (tertiary/aromatic N) is 2. The number of aromatic nitrogens is 1. The van der Waals surface area contributed by atoms with Gasteiger partial charge in [-0.2, -0.15) is 0 Å². The largest absolute Gasteiger partial charge is 0.369 e. The standard InChI is InChI=1S/C21H21N3O3S/c1-23-12-16(21(22)25)20-15-8-5-9-17-19(15)13(10-18(20)23)11-24(17)28(26,27)14-6-3-2-4-7-14/h2-9,11,16,18,20H,10,12H2,1H3,(H2,22,25). The zero-order valence-electron chi connectivity index (χ0n) is 15.4. The fourth-order valence-electron chi connectivity index (χ4n) is 5.00. The number of likely N-dealkylation sites (tertiary alicyclic amines) is 1. The summed E-state index contributed by atoms with van der Waals surface area (Å²) in [5.41, 5.74) is 8.39. The first-order chi connectivity index (χ1) is 13.4. The van der Waals surface area contributed by atoms with Crippen LogP contribution in [0.1, 0.15) is 17.0 Å². The number of hydrogen-bond acceptors (Lipinski definition) is 4. The Morgan fingerprint density at radius 1 is 1.11 bits per heavy atom. The molecule has 1 aliphatic heterocycles. The summed E-state index contributed by atoms with van der Waals surface area (Å²) >= 11 is 0. The number of carbonyl (C=O) groups is 1. The van der Waals surface area contributed by atoms with Crippen molar-refractivity contribution < 1.29 is 13.2 Å². The van der Waals surface area contributed by atoms with Gasteiger partial charge in [0, 0.05) is 30.1 Å². The summed E-state index contributed by atoms with van der Waals surface area (Å²) in [5, 5.41) is 0.949. The van der Waals surface area contributed by atoms with E-state index < -0.39 is 10.0 Å². The molecule has 3 atom stereocenters. The Morgan fingerprint density at radius 3 is 2.57 bits per heavy atom. The van der Waals surface area contributed by atoms with E-state index in [1.807, 2.05) is 25.2 Å². The first-order valence-electron chi connectivity index (χ1n) is 9.32. The van der Waals surface area contributed by atoms with Crippen molar-refractivity contribution in [1.82, 2.24) is 8.87 Å². The summed E-state index contributed by atoms with van der Waals surface area (Å²) in [6.07, 6.45) is 2.45. The van der Waals surface area contributed by atoms with Crippen molar-refractivity contribution in [2.24, 2.45) is 11.7 Å². The number of fused-ring (bicyclic) bond motifs is 2. The van der Waals surface area contributed by atoms with Gasteiger partial charge in [0.15, 0.2) is 0 Å². The van der Waals surface area contributed by atoms with Crippen LogP contribution in [0.3, 0.4) is 0 Å². The smallest absolute Gasteiger partial charge is 0.268 e.